The highest BCUT2D eigenvalue weighted by Gasteiger charge is 2.25. The fourth-order valence-corrected chi connectivity index (χ4v) is 3.58. The fourth-order valence-electron chi connectivity index (χ4n) is 3.58. The molecule has 4 rings (SSSR count). The van der Waals surface area contributed by atoms with Crippen molar-refractivity contribution >= 4 is 0 Å². The zero-order valence-corrected chi connectivity index (χ0v) is 12.4. The van der Waals surface area contributed by atoms with Crippen molar-refractivity contribution in [1.82, 2.24) is 0 Å². The van der Waals surface area contributed by atoms with E-state index in [1.165, 1.54) is 28.7 Å². The molecule has 0 amide bonds. The third-order valence-electron chi connectivity index (χ3n) is 4.65. The second-order valence-corrected chi connectivity index (χ2v) is 5.92. The monoisotopic (exact) mass is 286 g/mol. The van der Waals surface area contributed by atoms with E-state index in [4.69, 9.17) is 0 Å². The lowest BCUT2D eigenvalue weighted by Crippen LogP contribution is -1.98. The van der Waals surface area contributed by atoms with Gasteiger partial charge < -0.3 is 5.11 Å². The van der Waals surface area contributed by atoms with Crippen LogP contribution in [0, 0.1) is 0 Å². The summed E-state index contributed by atoms with van der Waals surface area (Å²) in [5, 5.41) is 9.51. The molecular weight excluding hydrogens is 268 g/mol. The fraction of sp³-hybridized carbons (Fsp3) is 0.143. The molecule has 1 atom stereocenters. The molecule has 1 aliphatic rings. The molecule has 1 heteroatoms. The molecule has 0 saturated carbocycles. The topological polar surface area (TPSA) is 20.2 Å². The average molecular weight is 286 g/mol. The molecule has 1 aliphatic carbocycles. The predicted molar refractivity (Wildman–Crippen MR) is 90.1 cm³/mol. The van der Waals surface area contributed by atoms with Crippen LogP contribution in [0.4, 0.5) is 0 Å². The van der Waals surface area contributed by atoms with Crippen LogP contribution in [0.2, 0.25) is 0 Å². The Bertz CT molecular complexity index is 802. The molecule has 0 radical (unpaired) electrons. The quantitative estimate of drug-likeness (QED) is 0.691. The highest BCUT2D eigenvalue weighted by molar-refractivity contribution is 5.70. The molecule has 0 spiro atoms. The Balaban J connectivity index is 1.82. The molecule has 0 aromatic heterocycles. The molecular formula is C21H18O. The number of hydrogen-bond acceptors (Lipinski definition) is 1. The molecule has 0 heterocycles. The number of hydrogen-bond donors (Lipinski definition) is 1. The SMILES string of the molecule is Oc1ccc(-c2ccccc2C2CCc3ccccc32)cc1. The van der Waals surface area contributed by atoms with Gasteiger partial charge in [0.25, 0.3) is 0 Å². The van der Waals surface area contributed by atoms with Crippen LogP contribution in [0.3, 0.4) is 0 Å². The Hall–Kier alpha value is -2.54. The van der Waals surface area contributed by atoms with Gasteiger partial charge in [-0.3, -0.25) is 0 Å². The van der Waals surface area contributed by atoms with Crippen molar-refractivity contribution in [3.8, 4) is 16.9 Å². The highest BCUT2D eigenvalue weighted by atomic mass is 16.3. The number of aromatic hydroxyl groups is 1. The first-order valence-corrected chi connectivity index (χ1v) is 7.79. The molecule has 0 fully saturated rings. The van der Waals surface area contributed by atoms with Gasteiger partial charge in [0, 0.05) is 5.92 Å². The molecule has 0 saturated heterocycles. The smallest absolute Gasteiger partial charge is 0.115 e. The van der Waals surface area contributed by atoms with E-state index in [1.54, 1.807) is 12.1 Å². The van der Waals surface area contributed by atoms with Gasteiger partial charge in [-0.15, -0.1) is 0 Å². The van der Waals surface area contributed by atoms with Crippen LogP contribution in [0.5, 0.6) is 5.75 Å². The number of phenols is 1. The number of aryl methyl sites for hydroxylation is 1. The van der Waals surface area contributed by atoms with Crippen molar-refractivity contribution in [2.45, 2.75) is 18.8 Å². The van der Waals surface area contributed by atoms with E-state index in [9.17, 15) is 5.11 Å². The van der Waals surface area contributed by atoms with Gasteiger partial charge in [0.2, 0.25) is 0 Å². The number of fused-ring (bicyclic) bond motifs is 1. The summed E-state index contributed by atoms with van der Waals surface area (Å²) in [5.74, 6) is 0.786. The van der Waals surface area contributed by atoms with Crippen molar-refractivity contribution in [1.29, 1.82) is 0 Å². The zero-order valence-electron chi connectivity index (χ0n) is 12.4. The van der Waals surface area contributed by atoms with E-state index >= 15 is 0 Å². The predicted octanol–water partition coefficient (Wildman–Crippen LogP) is 5.14. The Morgan fingerprint density at radius 2 is 1.41 bits per heavy atom. The third kappa shape index (κ3) is 2.19. The molecule has 3 aromatic carbocycles. The van der Waals surface area contributed by atoms with Gasteiger partial charge in [-0.25, -0.2) is 0 Å². The van der Waals surface area contributed by atoms with E-state index < -0.39 is 0 Å². The van der Waals surface area contributed by atoms with Crippen LogP contribution >= 0.6 is 0 Å². The van der Waals surface area contributed by atoms with Crippen LogP contribution in [0.15, 0.2) is 72.8 Å². The third-order valence-corrected chi connectivity index (χ3v) is 4.65. The van der Waals surface area contributed by atoms with E-state index in [0.717, 1.165) is 12.0 Å². The van der Waals surface area contributed by atoms with Gasteiger partial charge >= 0.3 is 0 Å². The lowest BCUT2D eigenvalue weighted by molar-refractivity contribution is 0.475. The first-order valence-electron chi connectivity index (χ1n) is 7.79. The summed E-state index contributed by atoms with van der Waals surface area (Å²) in [6, 6.07) is 24.9. The van der Waals surface area contributed by atoms with E-state index in [2.05, 4.69) is 48.5 Å². The highest BCUT2D eigenvalue weighted by Crippen LogP contribution is 2.41. The van der Waals surface area contributed by atoms with Crippen LogP contribution in [0.1, 0.15) is 29.0 Å². The maximum absolute atomic E-state index is 9.51. The summed E-state index contributed by atoms with van der Waals surface area (Å²) in [4.78, 5) is 0. The van der Waals surface area contributed by atoms with E-state index in [1.807, 2.05) is 12.1 Å². The molecule has 3 aromatic rings. The summed E-state index contributed by atoms with van der Waals surface area (Å²) in [6.07, 6.45) is 2.33. The first kappa shape index (κ1) is 13.1. The molecule has 1 unspecified atom stereocenters. The summed E-state index contributed by atoms with van der Waals surface area (Å²) in [7, 11) is 0. The lowest BCUT2D eigenvalue weighted by Gasteiger charge is -2.17. The van der Waals surface area contributed by atoms with Gasteiger partial charge in [-0.05, 0) is 52.8 Å². The largest absolute Gasteiger partial charge is 0.508 e. The van der Waals surface area contributed by atoms with E-state index in [0.29, 0.717) is 11.7 Å². The van der Waals surface area contributed by atoms with Crippen LogP contribution < -0.4 is 0 Å². The molecule has 22 heavy (non-hydrogen) atoms. The van der Waals surface area contributed by atoms with Gasteiger partial charge in [0.15, 0.2) is 0 Å². The number of phenolic OH excluding ortho intramolecular Hbond substituents is 1. The number of benzene rings is 3. The van der Waals surface area contributed by atoms with Crippen molar-refractivity contribution in [3.63, 3.8) is 0 Å². The summed E-state index contributed by atoms with van der Waals surface area (Å²) < 4.78 is 0. The molecule has 0 bridgehead atoms. The second-order valence-electron chi connectivity index (χ2n) is 5.92. The van der Waals surface area contributed by atoms with Gasteiger partial charge in [0.1, 0.15) is 5.75 Å². The standard InChI is InChI=1S/C21H18O/c22-17-12-9-16(10-13-17)19-7-3-4-8-20(19)21-14-11-15-5-1-2-6-18(15)21/h1-10,12-13,21-22H,11,14H2. The normalized spacial score (nSPS) is 16.5. The van der Waals surface area contributed by atoms with Crippen molar-refractivity contribution in [2.75, 3.05) is 0 Å². The zero-order chi connectivity index (χ0) is 14.9. The minimum Gasteiger partial charge on any atom is -0.508 e. The van der Waals surface area contributed by atoms with Crippen LogP contribution in [-0.4, -0.2) is 5.11 Å². The summed E-state index contributed by atoms with van der Waals surface area (Å²) in [6.45, 7) is 0. The molecule has 108 valence electrons. The number of rotatable bonds is 2. The average Bonchev–Trinajstić information content (AvgIpc) is 3.00. The van der Waals surface area contributed by atoms with Crippen molar-refractivity contribution in [3.05, 3.63) is 89.5 Å². The molecule has 1 N–H and O–H groups in total. The minimum absolute atomic E-state index is 0.312. The Kier molecular flexibility index (Phi) is 3.19. The van der Waals surface area contributed by atoms with Gasteiger partial charge in [0.05, 0.1) is 0 Å². The Morgan fingerprint density at radius 1 is 0.727 bits per heavy atom. The lowest BCUT2D eigenvalue weighted by atomic mass is 9.87. The Labute approximate surface area is 130 Å². The Morgan fingerprint density at radius 3 is 2.23 bits per heavy atom. The molecule has 1 nitrogen and oxygen atoms in total. The first-order chi connectivity index (χ1) is 10.8. The van der Waals surface area contributed by atoms with Crippen LogP contribution in [0.25, 0.3) is 11.1 Å². The van der Waals surface area contributed by atoms with E-state index in [-0.39, 0.29) is 0 Å². The molecule has 0 aliphatic heterocycles. The van der Waals surface area contributed by atoms with Gasteiger partial charge in [-0.2, -0.15) is 0 Å². The maximum atomic E-state index is 9.51. The maximum Gasteiger partial charge on any atom is 0.115 e. The second kappa shape index (κ2) is 5.34. The minimum atomic E-state index is 0.312. The summed E-state index contributed by atoms with van der Waals surface area (Å²) in [5.41, 5.74) is 6.77. The van der Waals surface area contributed by atoms with Gasteiger partial charge in [-0.1, -0.05) is 60.7 Å². The summed E-state index contributed by atoms with van der Waals surface area (Å²) >= 11 is 0. The van der Waals surface area contributed by atoms with Crippen molar-refractivity contribution in [2.24, 2.45) is 0 Å². The van der Waals surface area contributed by atoms with Crippen molar-refractivity contribution < 1.29 is 5.11 Å². The van der Waals surface area contributed by atoms with Crippen LogP contribution in [-0.2, 0) is 6.42 Å².